The molecule has 0 fully saturated rings. The summed E-state index contributed by atoms with van der Waals surface area (Å²) in [6.45, 7) is 5.90. The van der Waals surface area contributed by atoms with Crippen LogP contribution in [0.1, 0.15) is 32.3 Å². The van der Waals surface area contributed by atoms with Gasteiger partial charge in [0.2, 0.25) is 5.91 Å². The second-order valence-corrected chi connectivity index (χ2v) is 4.53. The summed E-state index contributed by atoms with van der Waals surface area (Å²) in [7, 11) is 0. The lowest BCUT2D eigenvalue weighted by atomic mass is 10.1. The third-order valence-corrected chi connectivity index (χ3v) is 2.88. The zero-order valence-electron chi connectivity index (χ0n) is 11.1. The van der Waals surface area contributed by atoms with Gasteiger partial charge in [0.15, 0.2) is 0 Å². The largest absolute Gasteiger partial charge is 0.325 e. The van der Waals surface area contributed by atoms with Crippen molar-refractivity contribution in [1.82, 2.24) is 5.32 Å². The second kappa shape index (κ2) is 6.79. The summed E-state index contributed by atoms with van der Waals surface area (Å²) in [6.07, 6.45) is 1.30. The maximum Gasteiger partial charge on any atom is 0.325 e. The summed E-state index contributed by atoms with van der Waals surface area (Å²) in [5, 5.41) is 4.99. The quantitative estimate of drug-likeness (QED) is 0.860. The highest BCUT2D eigenvalue weighted by atomic mass is 16.2. The minimum atomic E-state index is -0.474. The van der Waals surface area contributed by atoms with E-state index in [0.29, 0.717) is 12.1 Å². The number of benzene rings is 1. The molecule has 1 atom stereocenters. The lowest BCUT2D eigenvalue weighted by Crippen LogP contribution is -2.35. The number of rotatable bonds is 4. The Balaban J connectivity index is 2.47. The average molecular weight is 248 g/mol. The Morgan fingerprint density at radius 1 is 1.28 bits per heavy atom. The molecule has 0 saturated heterocycles. The SMILES string of the molecule is CC[C@H](C)CC(=O)NC(=O)Nc1ccccc1C. The van der Waals surface area contributed by atoms with Crippen LogP contribution in [0.4, 0.5) is 10.5 Å². The number of nitrogens with one attached hydrogen (secondary N) is 2. The lowest BCUT2D eigenvalue weighted by Gasteiger charge is -2.10. The van der Waals surface area contributed by atoms with Crippen LogP contribution >= 0.6 is 0 Å². The highest BCUT2D eigenvalue weighted by molar-refractivity contribution is 6.01. The number of hydrogen-bond donors (Lipinski definition) is 2. The van der Waals surface area contributed by atoms with Gasteiger partial charge in [-0.2, -0.15) is 0 Å². The summed E-state index contributed by atoms with van der Waals surface area (Å²) in [6, 6.07) is 6.96. The summed E-state index contributed by atoms with van der Waals surface area (Å²) in [4.78, 5) is 23.1. The molecule has 0 spiro atoms. The molecule has 1 rings (SSSR count). The predicted molar refractivity (Wildman–Crippen MR) is 72.4 cm³/mol. The standard InChI is InChI=1S/C14H20N2O2/c1-4-10(2)9-13(17)16-14(18)15-12-8-6-5-7-11(12)3/h5-8,10H,4,9H2,1-3H3,(H2,15,16,17,18)/t10-/m0/s1. The number of amides is 3. The van der Waals surface area contributed by atoms with Gasteiger partial charge in [0.1, 0.15) is 0 Å². The van der Waals surface area contributed by atoms with Gasteiger partial charge in [-0.15, -0.1) is 0 Å². The molecule has 0 aliphatic heterocycles. The van der Waals surface area contributed by atoms with Crippen molar-refractivity contribution < 1.29 is 9.59 Å². The van der Waals surface area contributed by atoms with Crippen molar-refractivity contribution in [2.24, 2.45) is 5.92 Å². The van der Waals surface area contributed by atoms with E-state index < -0.39 is 6.03 Å². The van der Waals surface area contributed by atoms with E-state index in [1.807, 2.05) is 39.0 Å². The van der Waals surface area contributed by atoms with E-state index in [2.05, 4.69) is 10.6 Å². The molecule has 1 aromatic carbocycles. The first-order valence-electron chi connectivity index (χ1n) is 6.19. The first-order chi connectivity index (χ1) is 8.52. The Hall–Kier alpha value is -1.84. The number of para-hydroxylation sites is 1. The average Bonchev–Trinajstić information content (AvgIpc) is 2.31. The van der Waals surface area contributed by atoms with Crippen molar-refractivity contribution in [1.29, 1.82) is 0 Å². The van der Waals surface area contributed by atoms with Gasteiger partial charge in [-0.05, 0) is 24.5 Å². The van der Waals surface area contributed by atoms with E-state index >= 15 is 0 Å². The molecule has 0 aromatic heterocycles. The van der Waals surface area contributed by atoms with Crippen LogP contribution in [0.25, 0.3) is 0 Å². The van der Waals surface area contributed by atoms with E-state index in [9.17, 15) is 9.59 Å². The number of anilines is 1. The Morgan fingerprint density at radius 3 is 2.56 bits per heavy atom. The Bertz CT molecular complexity index is 430. The lowest BCUT2D eigenvalue weighted by molar-refractivity contribution is -0.120. The Kier molecular flexibility index (Phi) is 5.36. The van der Waals surface area contributed by atoms with Gasteiger partial charge in [0.25, 0.3) is 0 Å². The van der Waals surface area contributed by atoms with E-state index in [0.717, 1.165) is 12.0 Å². The molecule has 1 aromatic rings. The molecular weight excluding hydrogens is 228 g/mol. The molecule has 0 saturated carbocycles. The van der Waals surface area contributed by atoms with Gasteiger partial charge in [-0.1, -0.05) is 38.5 Å². The van der Waals surface area contributed by atoms with Crippen LogP contribution in [-0.2, 0) is 4.79 Å². The van der Waals surface area contributed by atoms with Crippen molar-refractivity contribution in [3.8, 4) is 0 Å². The second-order valence-electron chi connectivity index (χ2n) is 4.53. The fourth-order valence-corrected chi connectivity index (χ4v) is 1.51. The molecule has 4 nitrogen and oxygen atoms in total. The van der Waals surface area contributed by atoms with Crippen molar-refractivity contribution in [2.45, 2.75) is 33.6 Å². The Morgan fingerprint density at radius 2 is 1.94 bits per heavy atom. The molecule has 0 heterocycles. The minimum absolute atomic E-state index is 0.240. The molecule has 3 amide bonds. The predicted octanol–water partition coefficient (Wildman–Crippen LogP) is 3.08. The zero-order chi connectivity index (χ0) is 13.5. The number of hydrogen-bond acceptors (Lipinski definition) is 2. The van der Waals surface area contributed by atoms with Gasteiger partial charge in [0.05, 0.1) is 0 Å². The molecule has 0 aliphatic rings. The monoisotopic (exact) mass is 248 g/mol. The van der Waals surface area contributed by atoms with Crippen LogP contribution in [0.5, 0.6) is 0 Å². The summed E-state index contributed by atoms with van der Waals surface area (Å²) >= 11 is 0. The van der Waals surface area contributed by atoms with Crippen LogP contribution in [0.3, 0.4) is 0 Å². The van der Waals surface area contributed by atoms with E-state index in [1.54, 1.807) is 6.07 Å². The summed E-state index contributed by atoms with van der Waals surface area (Å²) < 4.78 is 0. The number of aryl methyl sites for hydroxylation is 1. The fourth-order valence-electron chi connectivity index (χ4n) is 1.51. The first kappa shape index (κ1) is 14.2. The minimum Gasteiger partial charge on any atom is -0.307 e. The summed E-state index contributed by atoms with van der Waals surface area (Å²) in [5.41, 5.74) is 1.67. The number of carbonyl (C=O) groups is 2. The topological polar surface area (TPSA) is 58.2 Å². The van der Waals surface area contributed by atoms with Crippen molar-refractivity contribution in [3.05, 3.63) is 29.8 Å². The van der Waals surface area contributed by atoms with Gasteiger partial charge in [-0.25, -0.2) is 4.79 Å². The van der Waals surface area contributed by atoms with E-state index in [1.165, 1.54) is 0 Å². The fraction of sp³-hybridized carbons (Fsp3) is 0.429. The van der Waals surface area contributed by atoms with Crippen molar-refractivity contribution in [3.63, 3.8) is 0 Å². The molecule has 4 heteroatoms. The normalized spacial score (nSPS) is 11.7. The molecule has 18 heavy (non-hydrogen) atoms. The maximum atomic E-state index is 11.6. The van der Waals surface area contributed by atoms with Gasteiger partial charge >= 0.3 is 6.03 Å². The van der Waals surface area contributed by atoms with Gasteiger partial charge < -0.3 is 5.32 Å². The highest BCUT2D eigenvalue weighted by Crippen LogP contribution is 2.12. The molecule has 0 bridgehead atoms. The van der Waals surface area contributed by atoms with Crippen LogP contribution < -0.4 is 10.6 Å². The third-order valence-electron chi connectivity index (χ3n) is 2.88. The molecular formula is C14H20N2O2. The molecule has 0 radical (unpaired) electrons. The molecule has 98 valence electrons. The van der Waals surface area contributed by atoms with Gasteiger partial charge in [0, 0.05) is 12.1 Å². The third kappa shape index (κ3) is 4.57. The number of carbonyl (C=O) groups excluding carboxylic acids is 2. The smallest absolute Gasteiger partial charge is 0.307 e. The number of imide groups is 1. The molecule has 0 aliphatic carbocycles. The maximum absolute atomic E-state index is 11.6. The number of urea groups is 1. The summed E-state index contributed by atoms with van der Waals surface area (Å²) in [5.74, 6) is 0.0479. The van der Waals surface area contributed by atoms with Crippen molar-refractivity contribution >= 4 is 17.6 Å². The highest BCUT2D eigenvalue weighted by Gasteiger charge is 2.11. The molecule has 2 N–H and O–H groups in total. The van der Waals surface area contributed by atoms with Crippen LogP contribution in [0.15, 0.2) is 24.3 Å². The van der Waals surface area contributed by atoms with E-state index in [4.69, 9.17) is 0 Å². The van der Waals surface area contributed by atoms with Gasteiger partial charge in [-0.3, -0.25) is 10.1 Å². The van der Waals surface area contributed by atoms with Crippen LogP contribution in [-0.4, -0.2) is 11.9 Å². The molecule has 0 unspecified atom stereocenters. The van der Waals surface area contributed by atoms with E-state index in [-0.39, 0.29) is 11.8 Å². The zero-order valence-corrected chi connectivity index (χ0v) is 11.1. The van der Waals surface area contributed by atoms with Crippen LogP contribution in [0, 0.1) is 12.8 Å². The van der Waals surface area contributed by atoms with Crippen LogP contribution in [0.2, 0.25) is 0 Å². The van der Waals surface area contributed by atoms with Crippen molar-refractivity contribution in [2.75, 3.05) is 5.32 Å². The first-order valence-corrected chi connectivity index (χ1v) is 6.19. The Labute approximate surface area is 108 Å².